The average molecular weight is 411 g/mol. The summed E-state index contributed by atoms with van der Waals surface area (Å²) in [5.74, 6) is -0.687. The molecule has 2 aliphatic rings. The predicted octanol–water partition coefficient (Wildman–Crippen LogP) is 4.09. The molecule has 0 saturated carbocycles. The van der Waals surface area contributed by atoms with E-state index in [1.807, 2.05) is 34.9 Å². The first-order chi connectivity index (χ1) is 14.0. The van der Waals surface area contributed by atoms with Gasteiger partial charge in [0, 0.05) is 19.3 Å². The molecule has 0 spiro atoms. The van der Waals surface area contributed by atoms with Gasteiger partial charge in [-0.05, 0) is 24.5 Å². The molecule has 7 heteroatoms. The lowest BCUT2D eigenvalue weighted by Gasteiger charge is -2.33. The Kier molecular flexibility index (Phi) is 4.24. The number of carbonyl (C=O) groups is 1. The van der Waals surface area contributed by atoms with Crippen molar-refractivity contribution < 1.29 is 14.6 Å². The van der Waals surface area contributed by atoms with E-state index in [0.717, 1.165) is 37.2 Å². The van der Waals surface area contributed by atoms with Crippen molar-refractivity contribution in [3.05, 3.63) is 69.0 Å². The summed E-state index contributed by atoms with van der Waals surface area (Å²) in [6, 6.07) is 11.4. The number of hydrogen-bond acceptors (Lipinski definition) is 4. The predicted molar refractivity (Wildman–Crippen MR) is 111 cm³/mol. The van der Waals surface area contributed by atoms with Crippen LogP contribution in [0.15, 0.2) is 47.4 Å². The Hall–Kier alpha value is -2.99. The van der Waals surface area contributed by atoms with Gasteiger partial charge in [0.25, 0.3) is 0 Å². The molecule has 1 saturated heterocycles. The zero-order chi connectivity index (χ0) is 20.1. The lowest BCUT2D eigenvalue weighted by atomic mass is 10.0. The number of carboxylic acids is 1. The quantitative estimate of drug-likeness (QED) is 0.704. The average Bonchev–Trinajstić information content (AvgIpc) is 3.24. The molecule has 148 valence electrons. The van der Waals surface area contributed by atoms with Gasteiger partial charge in [-0.1, -0.05) is 41.9 Å². The highest BCUT2D eigenvalue weighted by molar-refractivity contribution is 6.35. The molecule has 0 radical (unpaired) electrons. The number of hydrogen-bond donors (Lipinski definition) is 1. The molecule has 0 bridgehead atoms. The van der Waals surface area contributed by atoms with Crippen LogP contribution in [0.25, 0.3) is 10.9 Å². The molecular formula is C22H19ClN2O4. The van der Waals surface area contributed by atoms with E-state index in [2.05, 4.69) is 4.90 Å². The Morgan fingerprint density at radius 3 is 2.59 bits per heavy atom. The zero-order valence-electron chi connectivity index (χ0n) is 15.6. The Morgan fingerprint density at radius 2 is 1.90 bits per heavy atom. The molecule has 1 N–H and O–H groups in total. The second-order valence-corrected chi connectivity index (χ2v) is 7.88. The summed E-state index contributed by atoms with van der Waals surface area (Å²) in [4.78, 5) is 26.7. The van der Waals surface area contributed by atoms with Gasteiger partial charge in [-0.2, -0.15) is 0 Å². The van der Waals surface area contributed by atoms with Crippen molar-refractivity contribution in [3.8, 4) is 5.75 Å². The molecule has 1 atom stereocenters. The zero-order valence-corrected chi connectivity index (χ0v) is 16.4. The van der Waals surface area contributed by atoms with Crippen molar-refractivity contribution in [2.24, 2.45) is 0 Å². The lowest BCUT2D eigenvalue weighted by molar-refractivity contribution is 0.0694. The van der Waals surface area contributed by atoms with E-state index in [9.17, 15) is 14.7 Å². The lowest BCUT2D eigenvalue weighted by Crippen LogP contribution is -2.28. The van der Waals surface area contributed by atoms with Crippen LogP contribution in [0, 0.1) is 0 Å². The maximum Gasteiger partial charge on any atom is 0.341 e. The van der Waals surface area contributed by atoms with Crippen LogP contribution in [0.5, 0.6) is 5.75 Å². The van der Waals surface area contributed by atoms with Crippen LogP contribution in [0.1, 0.15) is 34.9 Å². The van der Waals surface area contributed by atoms with Crippen molar-refractivity contribution in [1.29, 1.82) is 0 Å². The third kappa shape index (κ3) is 2.86. The van der Waals surface area contributed by atoms with Gasteiger partial charge < -0.3 is 19.3 Å². The van der Waals surface area contributed by atoms with E-state index in [-0.39, 0.29) is 17.1 Å². The van der Waals surface area contributed by atoms with Gasteiger partial charge in [0.1, 0.15) is 17.4 Å². The maximum absolute atomic E-state index is 12.8. The highest BCUT2D eigenvalue weighted by Crippen LogP contribution is 2.46. The van der Waals surface area contributed by atoms with Crippen LogP contribution >= 0.6 is 11.6 Å². The molecule has 29 heavy (non-hydrogen) atoms. The second-order valence-electron chi connectivity index (χ2n) is 7.47. The first kappa shape index (κ1) is 18.1. The summed E-state index contributed by atoms with van der Waals surface area (Å²) in [5.41, 5.74) is 1.57. The van der Waals surface area contributed by atoms with Crippen LogP contribution in [0.2, 0.25) is 5.02 Å². The number of halogens is 1. The van der Waals surface area contributed by atoms with Gasteiger partial charge in [-0.3, -0.25) is 4.79 Å². The fourth-order valence-electron chi connectivity index (χ4n) is 4.33. The molecule has 0 amide bonds. The molecule has 3 heterocycles. The molecule has 0 aliphatic carbocycles. The van der Waals surface area contributed by atoms with Gasteiger partial charge >= 0.3 is 5.97 Å². The number of benzene rings is 2. The van der Waals surface area contributed by atoms with Crippen LogP contribution in [-0.2, 0) is 6.54 Å². The maximum atomic E-state index is 12.8. The molecule has 1 unspecified atom stereocenters. The SMILES string of the molecule is O=C(O)c1cn2c3c(c(N4CCCC4)c(Cl)cc3c1=O)OC(c1ccccc1)C2. The Labute approximate surface area is 171 Å². The van der Waals surface area contributed by atoms with Crippen molar-refractivity contribution in [3.63, 3.8) is 0 Å². The summed E-state index contributed by atoms with van der Waals surface area (Å²) in [6.45, 7) is 2.15. The third-order valence-corrected chi connectivity index (χ3v) is 5.98. The number of pyridine rings is 1. The first-order valence-corrected chi connectivity index (χ1v) is 10.0. The van der Waals surface area contributed by atoms with Gasteiger partial charge in [0.05, 0.1) is 22.5 Å². The minimum atomic E-state index is -1.25. The minimum Gasteiger partial charge on any atom is -0.479 e. The summed E-state index contributed by atoms with van der Waals surface area (Å²) in [6.07, 6.45) is 3.26. The van der Waals surface area contributed by atoms with Crippen LogP contribution in [0.3, 0.4) is 0 Å². The van der Waals surface area contributed by atoms with Gasteiger partial charge in [-0.25, -0.2) is 4.79 Å². The summed E-state index contributed by atoms with van der Waals surface area (Å²) >= 11 is 6.62. The number of nitrogens with zero attached hydrogens (tertiary/aromatic N) is 2. The van der Waals surface area contributed by atoms with Gasteiger partial charge in [0.15, 0.2) is 5.75 Å². The summed E-state index contributed by atoms with van der Waals surface area (Å²) in [5, 5.41) is 10.2. The van der Waals surface area contributed by atoms with Crippen molar-refractivity contribution >= 4 is 34.2 Å². The standard InChI is InChI=1S/C22H19ClN2O4/c23-16-10-14-18-21(19(16)24-8-4-5-9-24)29-17(13-6-2-1-3-7-13)12-25(18)11-15(20(14)26)22(27)28/h1-3,6-7,10-11,17H,4-5,8-9,12H2,(H,27,28). The molecule has 6 nitrogen and oxygen atoms in total. The monoisotopic (exact) mass is 410 g/mol. The van der Waals surface area contributed by atoms with Crippen molar-refractivity contribution in [2.75, 3.05) is 18.0 Å². The van der Waals surface area contributed by atoms with Gasteiger partial charge in [-0.15, -0.1) is 0 Å². The van der Waals surface area contributed by atoms with E-state index in [0.29, 0.717) is 22.8 Å². The second kappa shape index (κ2) is 6.81. The fraction of sp³-hybridized carbons (Fsp3) is 0.273. The number of rotatable bonds is 3. The summed E-state index contributed by atoms with van der Waals surface area (Å²) in [7, 11) is 0. The fourth-order valence-corrected chi connectivity index (χ4v) is 4.65. The van der Waals surface area contributed by atoms with E-state index in [4.69, 9.17) is 16.3 Å². The molecule has 3 aromatic rings. The van der Waals surface area contributed by atoms with E-state index < -0.39 is 11.4 Å². The number of anilines is 1. The molecule has 5 rings (SSSR count). The number of aromatic nitrogens is 1. The highest BCUT2D eigenvalue weighted by atomic mass is 35.5. The molecule has 1 aromatic heterocycles. The topological polar surface area (TPSA) is 71.8 Å². The number of ether oxygens (including phenoxy) is 1. The normalized spacial score (nSPS) is 18.1. The van der Waals surface area contributed by atoms with Crippen molar-refractivity contribution in [1.82, 2.24) is 4.57 Å². The number of aromatic carboxylic acids is 1. The largest absolute Gasteiger partial charge is 0.479 e. The first-order valence-electron chi connectivity index (χ1n) is 9.64. The minimum absolute atomic E-state index is 0.262. The van der Waals surface area contributed by atoms with Crippen molar-refractivity contribution in [2.45, 2.75) is 25.5 Å². The summed E-state index contributed by atoms with van der Waals surface area (Å²) < 4.78 is 8.26. The molecule has 2 aliphatic heterocycles. The van der Waals surface area contributed by atoms with E-state index in [1.54, 1.807) is 6.07 Å². The Balaban J connectivity index is 1.80. The molecule has 2 aromatic carbocycles. The third-order valence-electron chi connectivity index (χ3n) is 5.69. The molecule has 1 fully saturated rings. The molecular weight excluding hydrogens is 392 g/mol. The van der Waals surface area contributed by atoms with Crippen LogP contribution < -0.4 is 15.1 Å². The smallest absolute Gasteiger partial charge is 0.341 e. The van der Waals surface area contributed by atoms with Crippen LogP contribution in [-0.4, -0.2) is 28.7 Å². The van der Waals surface area contributed by atoms with Gasteiger partial charge in [0.2, 0.25) is 5.43 Å². The Morgan fingerprint density at radius 1 is 1.17 bits per heavy atom. The Bertz CT molecular complexity index is 1180. The van der Waals surface area contributed by atoms with E-state index >= 15 is 0 Å². The van der Waals surface area contributed by atoms with E-state index in [1.165, 1.54) is 6.20 Å². The van der Waals surface area contributed by atoms with Crippen LogP contribution in [0.4, 0.5) is 5.69 Å². The number of carboxylic acid groups (broad SMARTS) is 1. The highest BCUT2D eigenvalue weighted by Gasteiger charge is 2.31.